The van der Waals surface area contributed by atoms with E-state index in [9.17, 15) is 24.0 Å². The van der Waals surface area contributed by atoms with Gasteiger partial charge in [-0.3, -0.25) is 24.5 Å². The molecule has 0 spiro atoms. The SMILES string of the molecule is COc1cc(-c2cn(C)c(=O)c(C)c2C)cc(Cl)c1C(=O)N1CCC(N(C)C(=O)N2CCC(c3ccc(NC4CCC(=O)NC4=O)cc3)CC2)CC1. The summed E-state index contributed by atoms with van der Waals surface area (Å²) < 4.78 is 7.21. The lowest BCUT2D eigenvalue weighted by molar-refractivity contribution is -0.133. The van der Waals surface area contributed by atoms with Crippen molar-refractivity contribution in [2.75, 3.05) is 45.7 Å². The summed E-state index contributed by atoms with van der Waals surface area (Å²) in [6, 6.07) is 11.2. The summed E-state index contributed by atoms with van der Waals surface area (Å²) in [6.07, 6.45) is 5.59. The van der Waals surface area contributed by atoms with Crippen molar-refractivity contribution in [1.82, 2.24) is 24.6 Å². The number of imide groups is 1. The molecule has 3 fully saturated rings. The maximum absolute atomic E-state index is 13.8. The Bertz CT molecular complexity index is 1930. The van der Waals surface area contributed by atoms with Crippen LogP contribution in [0.4, 0.5) is 10.5 Å². The van der Waals surface area contributed by atoms with Gasteiger partial charge >= 0.3 is 6.03 Å². The lowest BCUT2D eigenvalue weighted by Gasteiger charge is -2.40. The number of likely N-dealkylation sites (tertiary alicyclic amines) is 2. The summed E-state index contributed by atoms with van der Waals surface area (Å²) in [5, 5.41) is 5.88. The van der Waals surface area contributed by atoms with Gasteiger partial charge in [0.25, 0.3) is 11.5 Å². The summed E-state index contributed by atoms with van der Waals surface area (Å²) in [6.45, 7) is 5.98. The third-order valence-electron chi connectivity index (χ3n) is 11.1. The molecule has 0 aliphatic carbocycles. The van der Waals surface area contributed by atoms with Gasteiger partial charge in [0.05, 0.1) is 12.1 Å². The maximum atomic E-state index is 13.8. The van der Waals surface area contributed by atoms with Crippen LogP contribution in [0.15, 0.2) is 47.4 Å². The number of nitrogens with one attached hydrogen (secondary N) is 2. The molecule has 12 nitrogen and oxygen atoms in total. The molecule has 2 aromatic carbocycles. The summed E-state index contributed by atoms with van der Waals surface area (Å²) >= 11 is 6.77. The molecule has 0 saturated carbocycles. The molecule has 13 heteroatoms. The van der Waals surface area contributed by atoms with Crippen molar-refractivity contribution in [3.05, 3.63) is 80.2 Å². The number of carbonyl (C=O) groups excluding carboxylic acids is 4. The molecule has 1 aromatic heterocycles. The number of methoxy groups -OCH3 is 1. The second-order valence-corrected chi connectivity index (χ2v) is 14.6. The monoisotopic (exact) mass is 730 g/mol. The molecular formula is C39H47ClN6O6. The summed E-state index contributed by atoms with van der Waals surface area (Å²) in [5.74, 6) is -0.0319. The molecule has 4 heterocycles. The number of anilines is 1. The van der Waals surface area contributed by atoms with E-state index in [1.807, 2.05) is 35.9 Å². The molecule has 276 valence electrons. The van der Waals surface area contributed by atoms with E-state index < -0.39 is 6.04 Å². The fourth-order valence-electron chi connectivity index (χ4n) is 7.65. The summed E-state index contributed by atoms with van der Waals surface area (Å²) in [4.78, 5) is 68.9. The molecule has 5 amide bonds. The van der Waals surface area contributed by atoms with Gasteiger partial charge in [0.1, 0.15) is 17.4 Å². The molecule has 1 unspecified atom stereocenters. The number of hydrogen-bond acceptors (Lipinski definition) is 7. The minimum absolute atomic E-state index is 0.00867. The van der Waals surface area contributed by atoms with E-state index in [1.54, 1.807) is 41.8 Å². The van der Waals surface area contributed by atoms with Gasteiger partial charge in [0.2, 0.25) is 11.8 Å². The second-order valence-electron chi connectivity index (χ2n) is 14.2. The molecule has 3 aliphatic rings. The standard InChI is InChI=1S/C39H47ClN6O6/c1-23-24(2)37(49)43(3)22-30(23)27-20-31(40)35(33(21-27)52-5)38(50)45-18-14-29(15-19-45)44(4)39(51)46-16-12-26(13-17-46)25-6-8-28(9-7-25)41-32-10-11-34(47)42-36(32)48/h6-9,20-22,26,29,32,41H,10-19H2,1-5H3,(H,42,47,48). The Labute approximate surface area is 309 Å². The minimum atomic E-state index is -0.420. The van der Waals surface area contributed by atoms with E-state index >= 15 is 0 Å². The van der Waals surface area contributed by atoms with Crippen LogP contribution in [0.3, 0.4) is 0 Å². The van der Waals surface area contributed by atoms with Crippen LogP contribution in [-0.4, -0.2) is 95.4 Å². The number of aromatic nitrogens is 1. The highest BCUT2D eigenvalue weighted by atomic mass is 35.5. The van der Waals surface area contributed by atoms with Crippen LogP contribution in [0.1, 0.15) is 71.5 Å². The Morgan fingerprint density at radius 2 is 1.58 bits per heavy atom. The first kappa shape index (κ1) is 36.9. The van der Waals surface area contributed by atoms with E-state index in [1.165, 1.54) is 12.7 Å². The van der Waals surface area contributed by atoms with Gasteiger partial charge in [-0.1, -0.05) is 23.7 Å². The van der Waals surface area contributed by atoms with Gasteiger partial charge in [0, 0.05) is 75.7 Å². The number of ether oxygens (including phenoxy) is 1. The zero-order chi connectivity index (χ0) is 37.3. The van der Waals surface area contributed by atoms with E-state index in [2.05, 4.69) is 22.8 Å². The van der Waals surface area contributed by atoms with E-state index in [4.69, 9.17) is 16.3 Å². The normalized spacial score (nSPS) is 18.6. The molecule has 0 radical (unpaired) electrons. The molecular weight excluding hydrogens is 684 g/mol. The number of pyridine rings is 1. The third-order valence-corrected chi connectivity index (χ3v) is 11.4. The molecule has 3 aromatic rings. The van der Waals surface area contributed by atoms with Crippen molar-refractivity contribution < 1.29 is 23.9 Å². The molecule has 1 atom stereocenters. The Balaban J connectivity index is 1.01. The highest BCUT2D eigenvalue weighted by Gasteiger charge is 2.33. The highest BCUT2D eigenvalue weighted by Crippen LogP contribution is 2.36. The highest BCUT2D eigenvalue weighted by molar-refractivity contribution is 6.34. The number of carbonyl (C=O) groups is 4. The maximum Gasteiger partial charge on any atom is 0.319 e. The van der Waals surface area contributed by atoms with Crippen molar-refractivity contribution >= 4 is 41.0 Å². The quantitative estimate of drug-likeness (QED) is 0.324. The fraction of sp³-hybridized carbons (Fsp3) is 0.462. The number of nitrogens with zero attached hydrogens (tertiary/aromatic N) is 4. The van der Waals surface area contributed by atoms with Gasteiger partial charge in [-0.05, 0) is 92.8 Å². The Morgan fingerprint density at radius 1 is 0.923 bits per heavy atom. The predicted octanol–water partition coefficient (Wildman–Crippen LogP) is 5.08. The zero-order valence-corrected chi connectivity index (χ0v) is 31.2. The Morgan fingerprint density at radius 3 is 2.21 bits per heavy atom. The lowest BCUT2D eigenvalue weighted by atomic mass is 9.89. The minimum Gasteiger partial charge on any atom is -0.496 e. The number of amides is 5. The number of piperidine rings is 3. The Hall–Kier alpha value is -4.84. The van der Waals surface area contributed by atoms with Crippen LogP contribution < -0.4 is 20.9 Å². The van der Waals surface area contributed by atoms with Crippen LogP contribution in [0, 0.1) is 13.8 Å². The lowest BCUT2D eigenvalue weighted by Crippen LogP contribution is -2.52. The van der Waals surface area contributed by atoms with Crippen LogP contribution >= 0.6 is 11.6 Å². The van der Waals surface area contributed by atoms with Crippen molar-refractivity contribution in [3.63, 3.8) is 0 Å². The van der Waals surface area contributed by atoms with Crippen LogP contribution in [-0.2, 0) is 16.6 Å². The van der Waals surface area contributed by atoms with E-state index in [0.29, 0.717) is 74.7 Å². The van der Waals surface area contributed by atoms with Crippen molar-refractivity contribution in [3.8, 4) is 16.9 Å². The van der Waals surface area contributed by atoms with Crippen molar-refractivity contribution in [2.45, 2.75) is 70.4 Å². The Kier molecular flexibility index (Phi) is 10.9. The molecule has 0 bridgehead atoms. The van der Waals surface area contributed by atoms with Crippen LogP contribution in [0.5, 0.6) is 5.75 Å². The number of aryl methyl sites for hydroxylation is 1. The van der Waals surface area contributed by atoms with Crippen LogP contribution in [0.25, 0.3) is 11.1 Å². The predicted molar refractivity (Wildman–Crippen MR) is 200 cm³/mol. The fourth-order valence-corrected chi connectivity index (χ4v) is 7.95. The largest absolute Gasteiger partial charge is 0.496 e. The van der Waals surface area contributed by atoms with Gasteiger partial charge < -0.3 is 29.3 Å². The molecule has 6 rings (SSSR count). The first-order valence-electron chi connectivity index (χ1n) is 17.9. The number of hydrogen-bond donors (Lipinski definition) is 2. The van der Waals surface area contributed by atoms with E-state index in [0.717, 1.165) is 35.2 Å². The average molecular weight is 731 g/mol. The van der Waals surface area contributed by atoms with Crippen molar-refractivity contribution in [1.29, 1.82) is 0 Å². The van der Waals surface area contributed by atoms with Crippen LogP contribution in [0.2, 0.25) is 5.02 Å². The molecule has 3 saturated heterocycles. The van der Waals surface area contributed by atoms with E-state index in [-0.39, 0.29) is 40.4 Å². The number of urea groups is 1. The zero-order valence-electron chi connectivity index (χ0n) is 30.5. The van der Waals surface area contributed by atoms with Gasteiger partial charge in [0.15, 0.2) is 0 Å². The number of rotatable bonds is 7. The van der Waals surface area contributed by atoms with Gasteiger partial charge in [-0.25, -0.2) is 4.79 Å². The number of halogens is 1. The van der Waals surface area contributed by atoms with Crippen molar-refractivity contribution in [2.24, 2.45) is 7.05 Å². The smallest absolute Gasteiger partial charge is 0.319 e. The summed E-state index contributed by atoms with van der Waals surface area (Å²) in [7, 11) is 5.08. The third kappa shape index (κ3) is 7.53. The molecule has 2 N–H and O–H groups in total. The van der Waals surface area contributed by atoms with Gasteiger partial charge in [-0.15, -0.1) is 0 Å². The second kappa shape index (κ2) is 15.4. The number of benzene rings is 2. The first-order chi connectivity index (χ1) is 24.9. The summed E-state index contributed by atoms with van der Waals surface area (Å²) in [5.41, 5.74) is 5.38. The van der Waals surface area contributed by atoms with Gasteiger partial charge in [-0.2, -0.15) is 0 Å². The topological polar surface area (TPSA) is 133 Å². The molecule has 52 heavy (non-hydrogen) atoms. The first-order valence-corrected chi connectivity index (χ1v) is 18.3. The average Bonchev–Trinajstić information content (AvgIpc) is 3.15. The molecule has 3 aliphatic heterocycles.